The molecule has 0 aliphatic carbocycles. The summed E-state index contributed by atoms with van der Waals surface area (Å²) in [6, 6.07) is 5.84. The summed E-state index contributed by atoms with van der Waals surface area (Å²) in [5.74, 6) is -5.23. The highest BCUT2D eigenvalue weighted by atomic mass is 79.9. The molecule has 7 nitrogen and oxygen atoms in total. The molecule has 162 valence electrons. The molecule has 0 atom stereocenters. The Bertz CT molecular complexity index is 1140. The minimum absolute atomic E-state index is 0.0000207. The predicted octanol–water partition coefficient (Wildman–Crippen LogP) is 4.70. The van der Waals surface area contributed by atoms with Gasteiger partial charge in [-0.05, 0) is 46.3 Å². The maximum absolute atomic E-state index is 14.6. The average molecular weight is 506 g/mol. The molecule has 13 heteroatoms. The summed E-state index contributed by atoms with van der Waals surface area (Å²) in [7, 11) is 0. The number of halogens is 6. The Morgan fingerprint density at radius 2 is 1.84 bits per heavy atom. The van der Waals surface area contributed by atoms with E-state index in [4.69, 9.17) is 4.74 Å². The SMILES string of the molecule is O=C(Nc1ccn[n+]([O-])c1)c1c(Oc2ccc(OC(F)(F)F)c(F)c2)ccc(Br)c1F. The summed E-state index contributed by atoms with van der Waals surface area (Å²) in [5, 5.41) is 16.8. The summed E-state index contributed by atoms with van der Waals surface area (Å²) < 4.78 is 74.1. The van der Waals surface area contributed by atoms with Crippen LogP contribution in [-0.2, 0) is 0 Å². The van der Waals surface area contributed by atoms with Gasteiger partial charge in [-0.1, -0.05) is 4.85 Å². The van der Waals surface area contributed by atoms with E-state index in [1.54, 1.807) is 0 Å². The van der Waals surface area contributed by atoms with Gasteiger partial charge in [0, 0.05) is 11.2 Å². The third-order valence-electron chi connectivity index (χ3n) is 3.58. The number of nitrogens with one attached hydrogen (secondary N) is 1. The van der Waals surface area contributed by atoms with Gasteiger partial charge in [0.25, 0.3) is 5.91 Å². The molecule has 2 aromatic carbocycles. The Balaban J connectivity index is 1.91. The number of hydrogen-bond acceptors (Lipinski definition) is 5. The fourth-order valence-corrected chi connectivity index (χ4v) is 2.68. The lowest BCUT2D eigenvalue weighted by Crippen LogP contribution is -2.30. The zero-order chi connectivity index (χ0) is 22.8. The van der Waals surface area contributed by atoms with Crippen molar-refractivity contribution in [3.63, 3.8) is 0 Å². The molecule has 3 aromatic rings. The zero-order valence-electron chi connectivity index (χ0n) is 14.9. The van der Waals surface area contributed by atoms with Crippen LogP contribution in [0.2, 0.25) is 0 Å². The third kappa shape index (κ3) is 5.57. The number of ether oxygens (including phenoxy) is 2. The Hall–Kier alpha value is -3.48. The van der Waals surface area contributed by atoms with Crippen molar-refractivity contribution in [2.45, 2.75) is 6.36 Å². The molecule has 0 saturated carbocycles. The molecule has 0 saturated heterocycles. The van der Waals surface area contributed by atoms with Crippen molar-refractivity contribution in [1.29, 1.82) is 0 Å². The van der Waals surface area contributed by atoms with Crippen LogP contribution in [0.3, 0.4) is 0 Å². The molecule has 0 unspecified atom stereocenters. The Morgan fingerprint density at radius 1 is 1.13 bits per heavy atom. The van der Waals surface area contributed by atoms with Crippen molar-refractivity contribution in [2.24, 2.45) is 0 Å². The van der Waals surface area contributed by atoms with E-state index in [0.29, 0.717) is 12.1 Å². The summed E-state index contributed by atoms with van der Waals surface area (Å²) in [6.45, 7) is 0. The molecule has 1 N–H and O–H groups in total. The molecule has 3 rings (SSSR count). The van der Waals surface area contributed by atoms with E-state index in [0.717, 1.165) is 18.5 Å². The molecule has 0 bridgehead atoms. The van der Waals surface area contributed by atoms with Crippen LogP contribution in [-0.4, -0.2) is 17.4 Å². The second kappa shape index (κ2) is 8.71. The quantitative estimate of drug-likeness (QED) is 0.308. The highest BCUT2D eigenvalue weighted by molar-refractivity contribution is 9.10. The predicted molar refractivity (Wildman–Crippen MR) is 98.4 cm³/mol. The number of hydrogen-bond donors (Lipinski definition) is 1. The van der Waals surface area contributed by atoms with E-state index in [2.05, 4.69) is 31.1 Å². The van der Waals surface area contributed by atoms with E-state index >= 15 is 0 Å². The summed E-state index contributed by atoms with van der Waals surface area (Å²) in [6.07, 6.45) is -3.08. The van der Waals surface area contributed by atoms with Gasteiger partial charge in [-0.15, -0.1) is 13.2 Å². The Kier molecular flexibility index (Phi) is 6.24. The first-order valence-corrected chi connectivity index (χ1v) is 8.91. The maximum Gasteiger partial charge on any atom is 0.573 e. The number of carbonyl (C=O) groups excluding carboxylic acids is 1. The summed E-state index contributed by atoms with van der Waals surface area (Å²) >= 11 is 2.92. The van der Waals surface area contributed by atoms with Gasteiger partial charge < -0.3 is 20.0 Å². The second-order valence-electron chi connectivity index (χ2n) is 5.75. The molecular formula is C18H9BrF5N3O4. The van der Waals surface area contributed by atoms with Crippen LogP contribution in [0.5, 0.6) is 17.2 Å². The van der Waals surface area contributed by atoms with Crippen molar-refractivity contribution in [3.8, 4) is 17.2 Å². The first kappa shape index (κ1) is 22.2. The van der Waals surface area contributed by atoms with Crippen LogP contribution in [0, 0.1) is 16.8 Å². The van der Waals surface area contributed by atoms with Gasteiger partial charge in [-0.25, -0.2) is 8.78 Å². The molecular weight excluding hydrogens is 497 g/mol. The highest BCUT2D eigenvalue weighted by Gasteiger charge is 2.32. The number of anilines is 1. The number of benzene rings is 2. The smallest absolute Gasteiger partial charge is 0.573 e. The highest BCUT2D eigenvalue weighted by Crippen LogP contribution is 2.34. The number of nitrogens with zero attached hydrogens (tertiary/aromatic N) is 2. The Labute approximate surface area is 178 Å². The van der Waals surface area contributed by atoms with Gasteiger partial charge in [0.15, 0.2) is 17.4 Å². The summed E-state index contributed by atoms with van der Waals surface area (Å²) in [4.78, 5) is 12.7. The van der Waals surface area contributed by atoms with Gasteiger partial charge in [0.05, 0.1) is 10.7 Å². The van der Waals surface area contributed by atoms with Crippen LogP contribution in [0.15, 0.2) is 53.3 Å². The topological polar surface area (TPSA) is 87.4 Å². The molecule has 0 radical (unpaired) electrons. The fourth-order valence-electron chi connectivity index (χ4n) is 2.35. The van der Waals surface area contributed by atoms with E-state index in [1.807, 2.05) is 0 Å². The normalized spacial score (nSPS) is 11.2. The molecule has 0 aliphatic rings. The standard InChI is InChI=1S/C18H9BrF5N3O4/c19-11-2-4-14(30-10-1-3-13(12(20)7-10)31-18(22,23)24)15(16(11)21)17(28)26-9-5-6-25-27(29)8-9/h1-8H,(H,26,28). The lowest BCUT2D eigenvalue weighted by atomic mass is 10.1. The second-order valence-corrected chi connectivity index (χ2v) is 6.60. The minimum Gasteiger partial charge on any atom is -0.594 e. The first-order valence-electron chi connectivity index (χ1n) is 8.11. The van der Waals surface area contributed by atoms with Gasteiger partial charge in [0.1, 0.15) is 22.7 Å². The van der Waals surface area contributed by atoms with Gasteiger partial charge in [-0.2, -0.15) is 0 Å². The van der Waals surface area contributed by atoms with Crippen LogP contribution in [0.25, 0.3) is 0 Å². The fraction of sp³-hybridized carbons (Fsp3) is 0.0556. The van der Waals surface area contributed by atoms with Gasteiger partial charge in [-0.3, -0.25) is 4.79 Å². The molecule has 0 aliphatic heterocycles. The number of aromatic nitrogens is 2. The number of carbonyl (C=O) groups is 1. The van der Waals surface area contributed by atoms with E-state index in [1.165, 1.54) is 18.2 Å². The number of rotatable bonds is 5. The van der Waals surface area contributed by atoms with E-state index in [-0.39, 0.29) is 26.5 Å². The number of amides is 1. The molecule has 1 heterocycles. The van der Waals surface area contributed by atoms with Crippen LogP contribution < -0.4 is 19.6 Å². The lowest BCUT2D eigenvalue weighted by Gasteiger charge is -2.14. The third-order valence-corrected chi connectivity index (χ3v) is 4.19. The van der Waals surface area contributed by atoms with Crippen LogP contribution >= 0.6 is 15.9 Å². The summed E-state index contributed by atoms with van der Waals surface area (Å²) in [5.41, 5.74) is -0.611. The maximum atomic E-state index is 14.6. The molecule has 31 heavy (non-hydrogen) atoms. The molecule has 1 amide bonds. The average Bonchev–Trinajstić information content (AvgIpc) is 2.66. The van der Waals surface area contributed by atoms with Gasteiger partial charge in [0.2, 0.25) is 6.20 Å². The monoisotopic (exact) mass is 505 g/mol. The van der Waals surface area contributed by atoms with Gasteiger partial charge >= 0.3 is 6.36 Å². The van der Waals surface area contributed by atoms with Crippen molar-refractivity contribution in [1.82, 2.24) is 5.10 Å². The van der Waals surface area contributed by atoms with E-state index < -0.39 is 35.2 Å². The van der Waals surface area contributed by atoms with Crippen molar-refractivity contribution in [3.05, 3.63) is 75.7 Å². The zero-order valence-corrected chi connectivity index (χ0v) is 16.5. The van der Waals surface area contributed by atoms with Crippen LogP contribution in [0.4, 0.5) is 27.6 Å². The molecule has 1 aromatic heterocycles. The first-order chi connectivity index (χ1) is 14.5. The number of alkyl halides is 3. The van der Waals surface area contributed by atoms with E-state index in [9.17, 15) is 32.0 Å². The largest absolute Gasteiger partial charge is 0.594 e. The van der Waals surface area contributed by atoms with Crippen molar-refractivity contribution < 1.29 is 41.1 Å². The van der Waals surface area contributed by atoms with Crippen molar-refractivity contribution >= 4 is 27.5 Å². The molecule has 0 fully saturated rings. The lowest BCUT2D eigenvalue weighted by molar-refractivity contribution is -0.668. The minimum atomic E-state index is -5.10. The van der Waals surface area contributed by atoms with Crippen molar-refractivity contribution in [2.75, 3.05) is 5.32 Å². The van der Waals surface area contributed by atoms with Crippen LogP contribution in [0.1, 0.15) is 10.4 Å². The molecule has 0 spiro atoms. The Morgan fingerprint density at radius 3 is 2.48 bits per heavy atom.